The van der Waals surface area contributed by atoms with Gasteiger partial charge in [-0.3, -0.25) is 9.69 Å². The third kappa shape index (κ3) is 5.24. The molecule has 2 aromatic carbocycles. The van der Waals surface area contributed by atoms with Crippen LogP contribution in [0.1, 0.15) is 17.0 Å². The largest absolute Gasteiger partial charge is 0.495 e. The fourth-order valence-corrected chi connectivity index (χ4v) is 3.87. The van der Waals surface area contributed by atoms with E-state index in [-0.39, 0.29) is 5.91 Å². The fourth-order valence-electron chi connectivity index (χ4n) is 3.59. The van der Waals surface area contributed by atoms with Crippen molar-refractivity contribution >= 4 is 17.5 Å². The molecule has 0 N–H and O–H groups in total. The Morgan fingerprint density at radius 1 is 1.13 bits per heavy atom. The first-order valence-corrected chi connectivity index (χ1v) is 10.6. The minimum Gasteiger partial charge on any atom is -0.495 e. The van der Waals surface area contributed by atoms with E-state index in [9.17, 15) is 4.79 Å². The maximum atomic E-state index is 12.7. The van der Waals surface area contributed by atoms with Crippen LogP contribution in [0.4, 0.5) is 0 Å². The highest BCUT2D eigenvalue weighted by molar-refractivity contribution is 6.32. The third-order valence-corrected chi connectivity index (χ3v) is 5.72. The van der Waals surface area contributed by atoms with Gasteiger partial charge >= 0.3 is 0 Å². The number of hydrogen-bond donors (Lipinski definition) is 0. The molecule has 7 nitrogen and oxygen atoms in total. The van der Waals surface area contributed by atoms with Crippen molar-refractivity contribution in [2.24, 2.45) is 0 Å². The Morgan fingerprint density at radius 3 is 2.55 bits per heavy atom. The second-order valence-corrected chi connectivity index (χ2v) is 8.09. The number of amides is 1. The minimum absolute atomic E-state index is 0.0992. The van der Waals surface area contributed by atoms with Crippen LogP contribution in [0, 0.1) is 6.92 Å². The molecule has 1 fully saturated rings. The molecule has 4 rings (SSSR count). The Labute approximate surface area is 186 Å². The lowest BCUT2D eigenvalue weighted by molar-refractivity contribution is -0.132. The molecule has 0 radical (unpaired) electrons. The molecule has 2 heterocycles. The van der Waals surface area contributed by atoms with E-state index in [0.717, 1.165) is 24.2 Å². The van der Waals surface area contributed by atoms with Gasteiger partial charge in [-0.2, -0.15) is 4.98 Å². The van der Waals surface area contributed by atoms with Crippen molar-refractivity contribution in [3.05, 3.63) is 64.4 Å². The van der Waals surface area contributed by atoms with Crippen molar-refractivity contribution in [2.45, 2.75) is 19.9 Å². The summed E-state index contributed by atoms with van der Waals surface area (Å²) in [5, 5.41) is 4.63. The van der Waals surface area contributed by atoms with Crippen molar-refractivity contribution in [1.29, 1.82) is 0 Å². The lowest BCUT2D eigenvalue weighted by Gasteiger charge is -2.34. The number of rotatable bonds is 6. The first kappa shape index (κ1) is 21.3. The maximum Gasteiger partial charge on any atom is 0.257 e. The summed E-state index contributed by atoms with van der Waals surface area (Å²) in [6, 6.07) is 13.5. The fraction of sp³-hybridized carbons (Fsp3) is 0.348. The molecule has 0 aliphatic carbocycles. The molecular formula is C23H25ClN4O3. The van der Waals surface area contributed by atoms with Crippen LogP contribution in [0.25, 0.3) is 11.5 Å². The molecule has 1 amide bonds. The number of hydrogen-bond acceptors (Lipinski definition) is 6. The van der Waals surface area contributed by atoms with E-state index in [1.807, 2.05) is 42.2 Å². The number of halogens is 1. The van der Waals surface area contributed by atoms with Crippen LogP contribution in [0.3, 0.4) is 0 Å². The average Bonchev–Trinajstić information content (AvgIpc) is 3.23. The number of aryl methyl sites for hydroxylation is 1. The molecule has 3 aromatic rings. The van der Waals surface area contributed by atoms with Gasteiger partial charge in [-0.1, -0.05) is 40.5 Å². The molecule has 1 saturated heterocycles. The van der Waals surface area contributed by atoms with Crippen LogP contribution >= 0.6 is 11.6 Å². The van der Waals surface area contributed by atoms with Gasteiger partial charge in [0.15, 0.2) is 5.82 Å². The zero-order valence-corrected chi connectivity index (χ0v) is 18.4. The number of benzene rings is 2. The number of nitrogens with zero attached hydrogens (tertiary/aromatic N) is 4. The predicted molar refractivity (Wildman–Crippen MR) is 118 cm³/mol. The monoisotopic (exact) mass is 440 g/mol. The highest BCUT2D eigenvalue weighted by atomic mass is 35.5. The number of ether oxygens (including phenoxy) is 1. The van der Waals surface area contributed by atoms with Gasteiger partial charge in [-0.05, 0) is 36.8 Å². The summed E-state index contributed by atoms with van der Waals surface area (Å²) in [6.45, 7) is 5.52. The van der Waals surface area contributed by atoms with Gasteiger partial charge in [-0.15, -0.1) is 0 Å². The van der Waals surface area contributed by atoms with E-state index in [0.29, 0.717) is 48.5 Å². The second-order valence-electron chi connectivity index (χ2n) is 7.68. The zero-order chi connectivity index (χ0) is 21.8. The third-order valence-electron chi connectivity index (χ3n) is 5.43. The van der Waals surface area contributed by atoms with Crippen molar-refractivity contribution in [3.8, 4) is 17.2 Å². The van der Waals surface area contributed by atoms with E-state index in [1.54, 1.807) is 19.2 Å². The first-order valence-electron chi connectivity index (χ1n) is 10.2. The molecule has 1 aliphatic heterocycles. The summed E-state index contributed by atoms with van der Waals surface area (Å²) >= 11 is 6.17. The minimum atomic E-state index is 0.0992. The predicted octanol–water partition coefficient (Wildman–Crippen LogP) is 3.59. The number of carbonyl (C=O) groups is 1. The number of aromatic nitrogens is 2. The zero-order valence-electron chi connectivity index (χ0n) is 17.7. The Hall–Kier alpha value is -2.90. The Bertz CT molecular complexity index is 1040. The van der Waals surface area contributed by atoms with Crippen molar-refractivity contribution in [3.63, 3.8) is 0 Å². The molecule has 0 bridgehead atoms. The van der Waals surface area contributed by atoms with Gasteiger partial charge in [0.2, 0.25) is 5.91 Å². The normalized spacial score (nSPS) is 14.6. The molecule has 0 spiro atoms. The van der Waals surface area contributed by atoms with E-state index < -0.39 is 0 Å². The summed E-state index contributed by atoms with van der Waals surface area (Å²) in [7, 11) is 1.57. The van der Waals surface area contributed by atoms with Gasteiger partial charge in [-0.25, -0.2) is 0 Å². The van der Waals surface area contributed by atoms with Gasteiger partial charge in [0.05, 0.1) is 25.1 Å². The summed E-state index contributed by atoms with van der Waals surface area (Å²) in [5.74, 6) is 1.89. The van der Waals surface area contributed by atoms with E-state index in [1.165, 1.54) is 5.56 Å². The molecule has 31 heavy (non-hydrogen) atoms. The van der Waals surface area contributed by atoms with Crippen LogP contribution in [0.2, 0.25) is 5.02 Å². The number of carbonyl (C=O) groups excluding carboxylic acids is 1. The summed E-state index contributed by atoms with van der Waals surface area (Å²) in [6.07, 6.45) is 0.328. The summed E-state index contributed by atoms with van der Waals surface area (Å²) in [5.41, 5.74) is 2.98. The molecule has 162 valence electrons. The Balaban J connectivity index is 1.28. The van der Waals surface area contributed by atoms with Crippen molar-refractivity contribution < 1.29 is 14.1 Å². The first-order chi connectivity index (χ1) is 15.0. The highest BCUT2D eigenvalue weighted by Gasteiger charge is 2.23. The summed E-state index contributed by atoms with van der Waals surface area (Å²) < 4.78 is 10.6. The Morgan fingerprint density at radius 2 is 1.87 bits per heavy atom. The van der Waals surface area contributed by atoms with E-state index >= 15 is 0 Å². The standard InChI is InChI=1S/C23H25ClN4O3/c1-16-3-6-18(7-4-16)23-25-21(26-31-23)15-27-9-11-28(12-10-27)22(29)14-17-5-8-20(30-2)19(24)13-17/h3-8,13H,9-12,14-15H2,1-2H3. The molecule has 1 aromatic heterocycles. The SMILES string of the molecule is COc1ccc(CC(=O)N2CCN(Cc3noc(-c4ccc(C)cc4)n3)CC2)cc1Cl. The van der Waals surface area contributed by atoms with Gasteiger partial charge in [0, 0.05) is 31.7 Å². The van der Waals surface area contributed by atoms with Crippen LogP contribution < -0.4 is 4.74 Å². The number of piperazine rings is 1. The Kier molecular flexibility index (Phi) is 6.53. The van der Waals surface area contributed by atoms with Gasteiger partial charge in [0.25, 0.3) is 5.89 Å². The topological polar surface area (TPSA) is 71.7 Å². The number of methoxy groups -OCH3 is 1. The molecule has 0 saturated carbocycles. The van der Waals surface area contributed by atoms with Gasteiger partial charge < -0.3 is 14.2 Å². The molecule has 0 unspecified atom stereocenters. The van der Waals surface area contributed by atoms with Crippen LogP contribution in [0.5, 0.6) is 5.75 Å². The molecular weight excluding hydrogens is 416 g/mol. The van der Waals surface area contributed by atoms with Gasteiger partial charge in [0.1, 0.15) is 5.75 Å². The van der Waals surface area contributed by atoms with Crippen LogP contribution in [-0.4, -0.2) is 59.1 Å². The average molecular weight is 441 g/mol. The second kappa shape index (κ2) is 9.49. The maximum absolute atomic E-state index is 12.7. The van der Waals surface area contributed by atoms with Crippen molar-refractivity contribution in [1.82, 2.24) is 19.9 Å². The lowest BCUT2D eigenvalue weighted by Crippen LogP contribution is -2.48. The molecule has 0 atom stereocenters. The van der Waals surface area contributed by atoms with Crippen LogP contribution in [0.15, 0.2) is 47.0 Å². The van der Waals surface area contributed by atoms with Crippen molar-refractivity contribution in [2.75, 3.05) is 33.3 Å². The van der Waals surface area contributed by atoms with E-state index in [4.69, 9.17) is 20.9 Å². The molecule has 1 aliphatic rings. The lowest BCUT2D eigenvalue weighted by atomic mass is 10.1. The summed E-state index contributed by atoms with van der Waals surface area (Å²) in [4.78, 5) is 21.3. The smallest absolute Gasteiger partial charge is 0.257 e. The highest BCUT2D eigenvalue weighted by Crippen LogP contribution is 2.25. The molecule has 8 heteroatoms. The quantitative estimate of drug-likeness (QED) is 0.583. The van der Waals surface area contributed by atoms with E-state index in [2.05, 4.69) is 15.0 Å². The van der Waals surface area contributed by atoms with Crippen LogP contribution in [-0.2, 0) is 17.8 Å².